The SMILES string of the molecule is CCNC(=NCc1ccccc1CN1CCOCC1)NC1C2CCOC2C1(C)C. The molecular formula is C23H36N4O2. The number of hydrogen-bond acceptors (Lipinski definition) is 4. The molecule has 0 bridgehead atoms. The summed E-state index contributed by atoms with van der Waals surface area (Å²) >= 11 is 0. The van der Waals surface area contributed by atoms with Crippen LogP contribution in [0.2, 0.25) is 0 Å². The summed E-state index contributed by atoms with van der Waals surface area (Å²) in [5, 5.41) is 7.16. The van der Waals surface area contributed by atoms with Gasteiger partial charge in [0.05, 0.1) is 25.9 Å². The highest BCUT2D eigenvalue weighted by Gasteiger charge is 2.59. The van der Waals surface area contributed by atoms with Gasteiger partial charge < -0.3 is 20.1 Å². The van der Waals surface area contributed by atoms with Gasteiger partial charge in [0, 0.05) is 50.2 Å². The molecule has 1 aliphatic carbocycles. The van der Waals surface area contributed by atoms with E-state index < -0.39 is 0 Å². The Morgan fingerprint density at radius 2 is 1.93 bits per heavy atom. The van der Waals surface area contributed by atoms with Crippen molar-refractivity contribution in [2.75, 3.05) is 39.5 Å². The van der Waals surface area contributed by atoms with Gasteiger partial charge in [-0.3, -0.25) is 4.90 Å². The molecule has 0 aromatic heterocycles. The fourth-order valence-electron chi connectivity index (χ4n) is 5.11. The van der Waals surface area contributed by atoms with E-state index in [4.69, 9.17) is 14.5 Å². The average molecular weight is 401 g/mol. The fraction of sp³-hybridized carbons (Fsp3) is 0.696. The van der Waals surface area contributed by atoms with Crippen LogP contribution in [0.15, 0.2) is 29.3 Å². The van der Waals surface area contributed by atoms with Crippen LogP contribution in [0.3, 0.4) is 0 Å². The molecular weight excluding hydrogens is 364 g/mol. The lowest BCUT2D eigenvalue weighted by Gasteiger charge is -2.54. The van der Waals surface area contributed by atoms with Crippen molar-refractivity contribution in [1.29, 1.82) is 0 Å². The molecule has 0 amide bonds. The van der Waals surface area contributed by atoms with Crippen molar-refractivity contribution in [2.24, 2.45) is 16.3 Å². The number of ether oxygens (including phenoxy) is 2. The van der Waals surface area contributed by atoms with E-state index in [1.165, 1.54) is 11.1 Å². The predicted molar refractivity (Wildman–Crippen MR) is 116 cm³/mol. The van der Waals surface area contributed by atoms with Crippen LogP contribution in [0, 0.1) is 11.3 Å². The molecule has 2 saturated heterocycles. The molecule has 29 heavy (non-hydrogen) atoms. The van der Waals surface area contributed by atoms with Gasteiger partial charge >= 0.3 is 0 Å². The number of nitrogens with one attached hydrogen (secondary N) is 2. The van der Waals surface area contributed by atoms with Crippen LogP contribution in [-0.4, -0.2) is 62.5 Å². The van der Waals surface area contributed by atoms with Crippen LogP contribution in [-0.2, 0) is 22.6 Å². The van der Waals surface area contributed by atoms with Gasteiger partial charge in [-0.1, -0.05) is 38.1 Å². The monoisotopic (exact) mass is 400 g/mol. The van der Waals surface area contributed by atoms with Gasteiger partial charge in [-0.05, 0) is 24.5 Å². The van der Waals surface area contributed by atoms with Crippen LogP contribution >= 0.6 is 0 Å². The molecule has 2 aliphatic heterocycles. The van der Waals surface area contributed by atoms with Gasteiger partial charge in [-0.25, -0.2) is 4.99 Å². The molecule has 6 nitrogen and oxygen atoms in total. The van der Waals surface area contributed by atoms with Crippen molar-refractivity contribution < 1.29 is 9.47 Å². The van der Waals surface area contributed by atoms with Crippen molar-refractivity contribution in [3.63, 3.8) is 0 Å². The van der Waals surface area contributed by atoms with Crippen LogP contribution in [0.5, 0.6) is 0 Å². The minimum Gasteiger partial charge on any atom is -0.379 e. The molecule has 1 saturated carbocycles. The van der Waals surface area contributed by atoms with E-state index in [1.54, 1.807) is 0 Å². The Kier molecular flexibility index (Phi) is 6.42. The highest BCUT2D eigenvalue weighted by Crippen LogP contribution is 2.52. The molecule has 2 heterocycles. The Balaban J connectivity index is 1.43. The summed E-state index contributed by atoms with van der Waals surface area (Å²) in [7, 11) is 0. The first-order chi connectivity index (χ1) is 14.1. The van der Waals surface area contributed by atoms with Gasteiger partial charge in [0.15, 0.2) is 5.96 Å². The molecule has 3 fully saturated rings. The molecule has 0 spiro atoms. The largest absolute Gasteiger partial charge is 0.379 e. The zero-order valence-corrected chi connectivity index (χ0v) is 18.1. The van der Waals surface area contributed by atoms with Gasteiger partial charge in [-0.2, -0.15) is 0 Å². The van der Waals surface area contributed by atoms with Crippen molar-refractivity contribution in [2.45, 2.75) is 52.4 Å². The first-order valence-electron chi connectivity index (χ1n) is 11.1. The molecule has 6 heteroatoms. The van der Waals surface area contributed by atoms with E-state index in [-0.39, 0.29) is 5.41 Å². The standard InChI is InChI=1S/C23H36N4O2/c1-4-24-22(26-20-19-9-12-29-21(19)23(20,2)3)25-15-17-7-5-6-8-18(17)16-27-10-13-28-14-11-27/h5-8,19-21H,4,9-16H2,1-3H3,(H2,24,25,26). The van der Waals surface area contributed by atoms with Crippen LogP contribution in [0.4, 0.5) is 0 Å². The molecule has 3 unspecified atom stereocenters. The number of aliphatic imine (C=N–C) groups is 1. The molecule has 3 aliphatic rings. The molecule has 0 radical (unpaired) electrons. The maximum Gasteiger partial charge on any atom is 0.191 e. The lowest BCUT2D eigenvalue weighted by atomic mass is 9.57. The molecule has 3 atom stereocenters. The Morgan fingerprint density at radius 1 is 1.17 bits per heavy atom. The minimum absolute atomic E-state index is 0.144. The number of fused-ring (bicyclic) bond motifs is 1. The topological polar surface area (TPSA) is 58.1 Å². The second-order valence-electron chi connectivity index (χ2n) is 9.04. The number of guanidine groups is 1. The van der Waals surface area contributed by atoms with Crippen molar-refractivity contribution in [3.8, 4) is 0 Å². The third-order valence-electron chi connectivity index (χ3n) is 6.76. The molecule has 160 valence electrons. The van der Waals surface area contributed by atoms with Gasteiger partial charge in [0.2, 0.25) is 0 Å². The molecule has 2 N–H and O–H groups in total. The third-order valence-corrected chi connectivity index (χ3v) is 6.76. The summed E-state index contributed by atoms with van der Waals surface area (Å²) in [6.45, 7) is 13.8. The Bertz CT molecular complexity index is 715. The van der Waals surface area contributed by atoms with E-state index in [0.29, 0.717) is 24.6 Å². The van der Waals surface area contributed by atoms with Gasteiger partial charge in [-0.15, -0.1) is 0 Å². The third kappa shape index (κ3) is 4.44. The number of benzene rings is 1. The zero-order chi connectivity index (χ0) is 20.3. The predicted octanol–water partition coefficient (Wildman–Crippen LogP) is 2.39. The van der Waals surface area contributed by atoms with Crippen LogP contribution in [0.1, 0.15) is 38.3 Å². The van der Waals surface area contributed by atoms with E-state index in [1.807, 2.05) is 0 Å². The van der Waals surface area contributed by atoms with Gasteiger partial charge in [0.1, 0.15) is 0 Å². The van der Waals surface area contributed by atoms with E-state index in [0.717, 1.165) is 58.4 Å². The van der Waals surface area contributed by atoms with Crippen LogP contribution < -0.4 is 10.6 Å². The average Bonchev–Trinajstić information content (AvgIpc) is 3.19. The summed E-state index contributed by atoms with van der Waals surface area (Å²) in [6.07, 6.45) is 1.53. The first kappa shape index (κ1) is 20.6. The van der Waals surface area contributed by atoms with Crippen molar-refractivity contribution in [3.05, 3.63) is 35.4 Å². The second-order valence-corrected chi connectivity index (χ2v) is 9.04. The maximum atomic E-state index is 5.94. The molecule has 1 aromatic rings. The summed E-state index contributed by atoms with van der Waals surface area (Å²) < 4.78 is 11.4. The Morgan fingerprint density at radius 3 is 2.69 bits per heavy atom. The molecule has 4 rings (SSSR count). The van der Waals surface area contributed by atoms with E-state index in [2.05, 4.69) is 60.6 Å². The highest BCUT2D eigenvalue weighted by atomic mass is 16.5. The first-order valence-corrected chi connectivity index (χ1v) is 11.1. The molecule has 1 aromatic carbocycles. The lowest BCUT2D eigenvalue weighted by molar-refractivity contribution is -0.106. The number of hydrogen-bond donors (Lipinski definition) is 2. The van der Waals surface area contributed by atoms with E-state index in [9.17, 15) is 0 Å². The minimum atomic E-state index is 0.144. The van der Waals surface area contributed by atoms with E-state index >= 15 is 0 Å². The van der Waals surface area contributed by atoms with Crippen molar-refractivity contribution >= 4 is 5.96 Å². The second kappa shape index (κ2) is 9.02. The zero-order valence-electron chi connectivity index (χ0n) is 18.1. The smallest absolute Gasteiger partial charge is 0.191 e. The Labute approximate surface area is 175 Å². The highest BCUT2D eigenvalue weighted by molar-refractivity contribution is 5.80. The number of rotatable bonds is 6. The number of nitrogens with zero attached hydrogens (tertiary/aromatic N) is 2. The normalized spacial score (nSPS) is 29.2. The Hall–Kier alpha value is -1.63. The summed E-state index contributed by atoms with van der Waals surface area (Å²) in [6, 6.07) is 9.09. The summed E-state index contributed by atoms with van der Waals surface area (Å²) in [5.41, 5.74) is 2.80. The quantitative estimate of drug-likeness (QED) is 0.567. The van der Waals surface area contributed by atoms with Gasteiger partial charge in [0.25, 0.3) is 0 Å². The van der Waals surface area contributed by atoms with Crippen molar-refractivity contribution in [1.82, 2.24) is 15.5 Å². The maximum absolute atomic E-state index is 5.94. The fourth-order valence-corrected chi connectivity index (χ4v) is 5.11. The lowest BCUT2D eigenvalue weighted by Crippen LogP contribution is -2.67. The van der Waals surface area contributed by atoms with Crippen LogP contribution in [0.25, 0.3) is 0 Å². The summed E-state index contributed by atoms with van der Waals surface area (Å²) in [5.74, 6) is 1.51. The summed E-state index contributed by atoms with van der Waals surface area (Å²) in [4.78, 5) is 7.41. The number of morpholine rings is 1.